The Morgan fingerprint density at radius 3 is 2.82 bits per heavy atom. The highest BCUT2D eigenvalue weighted by atomic mass is 32.1. The van der Waals surface area contributed by atoms with E-state index in [0.717, 1.165) is 45.8 Å². The minimum Gasteiger partial charge on any atom is -0.379 e. The van der Waals surface area contributed by atoms with Crippen molar-refractivity contribution in [1.82, 2.24) is 15.1 Å². The van der Waals surface area contributed by atoms with E-state index in [2.05, 4.69) is 10.2 Å². The lowest BCUT2D eigenvalue weighted by molar-refractivity contribution is 0.0376. The number of ether oxygens (including phenoxy) is 1. The van der Waals surface area contributed by atoms with Crippen LogP contribution in [0.2, 0.25) is 0 Å². The van der Waals surface area contributed by atoms with Crippen LogP contribution in [-0.4, -0.2) is 61.4 Å². The van der Waals surface area contributed by atoms with Gasteiger partial charge in [-0.3, -0.25) is 4.90 Å². The monoisotopic (exact) mass is 325 g/mol. The van der Waals surface area contributed by atoms with E-state index in [1.54, 1.807) is 12.1 Å². The number of nitrogens with zero attached hydrogens (tertiary/aromatic N) is 2. The van der Waals surface area contributed by atoms with Crippen LogP contribution in [0.5, 0.6) is 0 Å². The summed E-state index contributed by atoms with van der Waals surface area (Å²) in [4.78, 5) is 4.26. The second-order valence-corrected chi connectivity index (χ2v) is 5.87. The Bertz CT molecular complexity index is 480. The van der Waals surface area contributed by atoms with Gasteiger partial charge in [0.1, 0.15) is 5.82 Å². The molecule has 1 aromatic carbocycles. The molecule has 1 heterocycles. The molecule has 0 bridgehead atoms. The van der Waals surface area contributed by atoms with Crippen molar-refractivity contribution in [3.63, 3.8) is 0 Å². The summed E-state index contributed by atoms with van der Waals surface area (Å²) in [6.45, 7) is 6.04. The van der Waals surface area contributed by atoms with Gasteiger partial charge in [0.2, 0.25) is 0 Å². The van der Waals surface area contributed by atoms with Gasteiger partial charge in [-0.25, -0.2) is 4.39 Å². The molecule has 4 nitrogen and oxygen atoms in total. The van der Waals surface area contributed by atoms with Crippen LogP contribution in [0.1, 0.15) is 12.0 Å². The number of benzene rings is 1. The number of rotatable bonds is 6. The zero-order valence-corrected chi connectivity index (χ0v) is 13.9. The minimum absolute atomic E-state index is 0.190. The number of thiocarbonyl (C=S) groups is 1. The van der Waals surface area contributed by atoms with E-state index < -0.39 is 0 Å². The summed E-state index contributed by atoms with van der Waals surface area (Å²) in [6.07, 6.45) is 1.04. The third kappa shape index (κ3) is 5.51. The SMILES string of the molecule is CN(Cc1ccccc1F)C(=S)NCCCN1CCOCC1. The highest BCUT2D eigenvalue weighted by Crippen LogP contribution is 2.08. The minimum atomic E-state index is -0.190. The first-order chi connectivity index (χ1) is 10.7. The quantitative estimate of drug-likeness (QED) is 0.637. The molecule has 0 amide bonds. The van der Waals surface area contributed by atoms with E-state index >= 15 is 0 Å². The first-order valence-corrected chi connectivity index (χ1v) is 8.10. The van der Waals surface area contributed by atoms with E-state index in [4.69, 9.17) is 17.0 Å². The molecule has 1 aromatic rings. The van der Waals surface area contributed by atoms with Crippen molar-refractivity contribution in [2.75, 3.05) is 46.4 Å². The molecule has 2 rings (SSSR count). The molecule has 0 saturated carbocycles. The molecular formula is C16H24FN3OS. The van der Waals surface area contributed by atoms with Gasteiger partial charge in [0.15, 0.2) is 5.11 Å². The zero-order chi connectivity index (χ0) is 15.8. The lowest BCUT2D eigenvalue weighted by atomic mass is 10.2. The summed E-state index contributed by atoms with van der Waals surface area (Å²) in [5, 5.41) is 3.90. The molecule has 6 heteroatoms. The average molecular weight is 325 g/mol. The van der Waals surface area contributed by atoms with Crippen molar-refractivity contribution in [2.45, 2.75) is 13.0 Å². The Hall–Kier alpha value is -1.24. The molecule has 0 atom stereocenters. The summed E-state index contributed by atoms with van der Waals surface area (Å²) in [5.41, 5.74) is 0.655. The smallest absolute Gasteiger partial charge is 0.168 e. The first-order valence-electron chi connectivity index (χ1n) is 7.69. The van der Waals surface area contributed by atoms with Crippen molar-refractivity contribution >= 4 is 17.3 Å². The Balaban J connectivity index is 1.65. The maximum Gasteiger partial charge on any atom is 0.168 e. The largest absolute Gasteiger partial charge is 0.379 e. The fourth-order valence-electron chi connectivity index (χ4n) is 2.41. The van der Waals surface area contributed by atoms with Crippen LogP contribution < -0.4 is 5.32 Å². The lowest BCUT2D eigenvalue weighted by Crippen LogP contribution is -2.40. The van der Waals surface area contributed by atoms with Crippen molar-refractivity contribution in [2.24, 2.45) is 0 Å². The Labute approximate surface area is 137 Å². The predicted molar refractivity (Wildman–Crippen MR) is 90.3 cm³/mol. The fraction of sp³-hybridized carbons (Fsp3) is 0.562. The number of morpholine rings is 1. The Kier molecular flexibility index (Phi) is 7.02. The van der Waals surface area contributed by atoms with Crippen LogP contribution in [0.25, 0.3) is 0 Å². The summed E-state index contributed by atoms with van der Waals surface area (Å²) in [7, 11) is 1.88. The van der Waals surface area contributed by atoms with Gasteiger partial charge < -0.3 is 15.0 Å². The number of nitrogens with one attached hydrogen (secondary N) is 1. The molecule has 122 valence electrons. The summed E-state index contributed by atoms with van der Waals surface area (Å²) in [6, 6.07) is 6.79. The summed E-state index contributed by atoms with van der Waals surface area (Å²) >= 11 is 5.35. The van der Waals surface area contributed by atoms with Gasteiger partial charge >= 0.3 is 0 Å². The van der Waals surface area contributed by atoms with E-state index in [1.165, 1.54) is 6.07 Å². The maximum absolute atomic E-state index is 13.6. The highest BCUT2D eigenvalue weighted by Gasteiger charge is 2.10. The van der Waals surface area contributed by atoms with Crippen LogP contribution in [-0.2, 0) is 11.3 Å². The van der Waals surface area contributed by atoms with Crippen LogP contribution in [0.4, 0.5) is 4.39 Å². The topological polar surface area (TPSA) is 27.7 Å². The van der Waals surface area contributed by atoms with Gasteiger partial charge in [-0.05, 0) is 31.2 Å². The van der Waals surface area contributed by atoms with E-state index in [0.29, 0.717) is 17.2 Å². The van der Waals surface area contributed by atoms with Crippen LogP contribution in [0.15, 0.2) is 24.3 Å². The van der Waals surface area contributed by atoms with E-state index in [9.17, 15) is 4.39 Å². The molecule has 22 heavy (non-hydrogen) atoms. The number of hydrogen-bond acceptors (Lipinski definition) is 3. The van der Waals surface area contributed by atoms with E-state index in [-0.39, 0.29) is 5.82 Å². The van der Waals surface area contributed by atoms with Crippen LogP contribution >= 0.6 is 12.2 Å². The average Bonchev–Trinajstić information content (AvgIpc) is 2.54. The Morgan fingerprint density at radius 1 is 1.36 bits per heavy atom. The normalized spacial score (nSPS) is 15.5. The maximum atomic E-state index is 13.6. The van der Waals surface area contributed by atoms with Crippen molar-refractivity contribution in [1.29, 1.82) is 0 Å². The molecule has 0 aliphatic carbocycles. The Morgan fingerprint density at radius 2 is 2.09 bits per heavy atom. The van der Waals surface area contributed by atoms with Gasteiger partial charge in [0, 0.05) is 38.8 Å². The molecule has 1 aliphatic heterocycles. The third-order valence-corrected chi connectivity index (χ3v) is 4.20. The molecular weight excluding hydrogens is 301 g/mol. The fourth-order valence-corrected chi connectivity index (χ4v) is 2.58. The zero-order valence-electron chi connectivity index (χ0n) is 13.1. The first kappa shape index (κ1) is 17.1. The van der Waals surface area contributed by atoms with Crippen LogP contribution in [0, 0.1) is 5.82 Å². The standard InChI is InChI=1S/C16H24FN3OS/c1-19(13-14-5-2-3-6-15(14)17)16(22)18-7-4-8-20-9-11-21-12-10-20/h2-3,5-6H,4,7-13H2,1H3,(H,18,22). The molecule has 0 spiro atoms. The molecule has 1 aliphatic rings. The third-order valence-electron chi connectivity index (χ3n) is 3.74. The molecule has 1 N–H and O–H groups in total. The van der Waals surface area contributed by atoms with Gasteiger partial charge in [-0.2, -0.15) is 0 Å². The van der Waals surface area contributed by atoms with E-state index in [1.807, 2.05) is 18.0 Å². The lowest BCUT2D eigenvalue weighted by Gasteiger charge is -2.27. The summed E-state index contributed by atoms with van der Waals surface area (Å²) < 4.78 is 18.9. The molecule has 0 aromatic heterocycles. The predicted octanol–water partition coefficient (Wildman–Crippen LogP) is 1.85. The molecule has 0 unspecified atom stereocenters. The number of halogens is 1. The van der Waals surface area contributed by atoms with Crippen molar-refractivity contribution < 1.29 is 9.13 Å². The van der Waals surface area contributed by atoms with Crippen LogP contribution in [0.3, 0.4) is 0 Å². The second-order valence-electron chi connectivity index (χ2n) is 5.49. The van der Waals surface area contributed by atoms with Crippen molar-refractivity contribution in [3.8, 4) is 0 Å². The van der Waals surface area contributed by atoms with Crippen molar-refractivity contribution in [3.05, 3.63) is 35.6 Å². The van der Waals surface area contributed by atoms with Gasteiger partial charge in [-0.1, -0.05) is 18.2 Å². The summed E-state index contributed by atoms with van der Waals surface area (Å²) in [5.74, 6) is -0.190. The molecule has 0 radical (unpaired) electrons. The van der Waals surface area contributed by atoms with Gasteiger partial charge in [-0.15, -0.1) is 0 Å². The second kappa shape index (κ2) is 9.02. The molecule has 1 fully saturated rings. The van der Waals surface area contributed by atoms with Gasteiger partial charge in [0.25, 0.3) is 0 Å². The highest BCUT2D eigenvalue weighted by molar-refractivity contribution is 7.80. The molecule has 1 saturated heterocycles. The van der Waals surface area contributed by atoms with Gasteiger partial charge in [0.05, 0.1) is 13.2 Å². The number of hydrogen-bond donors (Lipinski definition) is 1.